The lowest BCUT2D eigenvalue weighted by Crippen LogP contribution is -2.29. The van der Waals surface area contributed by atoms with E-state index in [1.807, 2.05) is 24.1 Å². The van der Waals surface area contributed by atoms with Crippen LogP contribution in [0.1, 0.15) is 20.8 Å². The first kappa shape index (κ1) is 21.5. The summed E-state index contributed by atoms with van der Waals surface area (Å²) in [6, 6.07) is 16.1. The molecule has 3 rings (SSSR count). The van der Waals surface area contributed by atoms with E-state index in [1.165, 1.54) is 10.4 Å². The Kier molecular flexibility index (Phi) is 7.21. The Morgan fingerprint density at radius 3 is 2.43 bits per heavy atom. The van der Waals surface area contributed by atoms with E-state index >= 15 is 0 Å². The second-order valence-electron chi connectivity index (χ2n) is 6.98. The van der Waals surface area contributed by atoms with Crippen molar-refractivity contribution in [2.75, 3.05) is 31.3 Å². The van der Waals surface area contributed by atoms with Gasteiger partial charge in [-0.05, 0) is 67.4 Å². The minimum absolute atomic E-state index is 0.0991. The first-order chi connectivity index (χ1) is 14.5. The van der Waals surface area contributed by atoms with Crippen LogP contribution >= 0.6 is 11.3 Å². The van der Waals surface area contributed by atoms with Crippen molar-refractivity contribution in [3.63, 3.8) is 0 Å². The molecule has 6 nitrogen and oxygen atoms in total. The van der Waals surface area contributed by atoms with Crippen molar-refractivity contribution in [3.05, 3.63) is 76.0 Å². The Labute approximate surface area is 180 Å². The summed E-state index contributed by atoms with van der Waals surface area (Å²) in [7, 11) is 3.48. The normalized spacial score (nSPS) is 10.7. The molecule has 0 atom stereocenters. The zero-order chi connectivity index (χ0) is 21.5. The van der Waals surface area contributed by atoms with Gasteiger partial charge in [0.2, 0.25) is 5.91 Å². The summed E-state index contributed by atoms with van der Waals surface area (Å²) in [6.07, 6.45) is 0. The number of likely N-dealkylation sites (N-methyl/N-ethyl adjacent to an activating group) is 1. The number of hydrogen-bond acceptors (Lipinski definition) is 5. The van der Waals surface area contributed by atoms with Crippen LogP contribution in [-0.4, -0.2) is 37.4 Å². The van der Waals surface area contributed by atoms with Gasteiger partial charge in [0.05, 0.1) is 19.3 Å². The van der Waals surface area contributed by atoms with Crippen LogP contribution in [0.5, 0.6) is 5.75 Å². The van der Waals surface area contributed by atoms with Crippen LogP contribution in [0, 0.1) is 6.92 Å². The number of carbonyl (C=O) groups excluding carboxylic acids is 2. The van der Waals surface area contributed by atoms with Gasteiger partial charge in [-0.2, -0.15) is 0 Å². The van der Waals surface area contributed by atoms with Gasteiger partial charge in [0.25, 0.3) is 5.91 Å². The molecule has 0 saturated carbocycles. The van der Waals surface area contributed by atoms with Crippen molar-refractivity contribution in [1.29, 1.82) is 0 Å². The number of ether oxygens (including phenoxy) is 1. The van der Waals surface area contributed by atoms with Crippen LogP contribution in [-0.2, 0) is 11.3 Å². The summed E-state index contributed by atoms with van der Waals surface area (Å²) in [4.78, 5) is 28.0. The van der Waals surface area contributed by atoms with E-state index in [2.05, 4.69) is 29.0 Å². The summed E-state index contributed by atoms with van der Waals surface area (Å²) in [6.45, 7) is 3.09. The number of methoxy groups -OCH3 is 1. The van der Waals surface area contributed by atoms with Gasteiger partial charge >= 0.3 is 0 Å². The fourth-order valence-corrected chi connectivity index (χ4v) is 3.95. The lowest BCUT2D eigenvalue weighted by atomic mass is 10.2. The van der Waals surface area contributed by atoms with Crippen molar-refractivity contribution in [1.82, 2.24) is 4.90 Å². The largest absolute Gasteiger partial charge is 0.495 e. The lowest BCUT2D eigenvalue weighted by Gasteiger charge is -2.16. The first-order valence-corrected chi connectivity index (χ1v) is 10.4. The maximum atomic E-state index is 12.5. The number of nitrogens with one attached hydrogen (secondary N) is 2. The van der Waals surface area contributed by atoms with E-state index in [0.29, 0.717) is 22.7 Å². The van der Waals surface area contributed by atoms with E-state index in [0.717, 1.165) is 6.54 Å². The highest BCUT2D eigenvalue weighted by Crippen LogP contribution is 2.24. The van der Waals surface area contributed by atoms with Gasteiger partial charge in [-0.15, -0.1) is 11.3 Å². The van der Waals surface area contributed by atoms with Crippen molar-refractivity contribution in [2.24, 2.45) is 0 Å². The third-order valence-corrected chi connectivity index (χ3v) is 5.59. The number of rotatable bonds is 8. The standard InChI is InChI=1S/C23H25N3O3S/c1-16-12-13-30-21(16)14-26(2)15-22(27)24-18-10-8-17(9-11-18)23(28)25-19-6-4-5-7-20(19)29-3/h4-13H,14-15H2,1-3H3,(H,24,27)(H,25,28). The quantitative estimate of drug-likeness (QED) is 0.564. The topological polar surface area (TPSA) is 70.7 Å². The van der Waals surface area contributed by atoms with Gasteiger partial charge < -0.3 is 15.4 Å². The molecule has 0 radical (unpaired) electrons. The molecule has 0 saturated heterocycles. The number of benzene rings is 2. The number of carbonyl (C=O) groups is 2. The number of anilines is 2. The summed E-state index contributed by atoms with van der Waals surface area (Å²) in [5, 5.41) is 7.76. The number of amides is 2. The van der Waals surface area contributed by atoms with E-state index in [1.54, 1.807) is 54.8 Å². The van der Waals surface area contributed by atoms with Gasteiger partial charge in [-0.1, -0.05) is 12.1 Å². The molecule has 30 heavy (non-hydrogen) atoms. The van der Waals surface area contributed by atoms with Gasteiger partial charge in [0, 0.05) is 22.7 Å². The summed E-state index contributed by atoms with van der Waals surface area (Å²) >= 11 is 1.70. The van der Waals surface area contributed by atoms with Gasteiger partial charge in [0.15, 0.2) is 0 Å². The molecule has 0 unspecified atom stereocenters. The van der Waals surface area contributed by atoms with Crippen molar-refractivity contribution >= 4 is 34.5 Å². The Morgan fingerprint density at radius 1 is 1.03 bits per heavy atom. The molecule has 3 aromatic rings. The second kappa shape index (κ2) is 10.0. The fourth-order valence-electron chi connectivity index (χ4n) is 2.96. The Bertz CT molecular complexity index is 1010. The Morgan fingerprint density at radius 2 is 1.77 bits per heavy atom. The Hall–Kier alpha value is -3.16. The van der Waals surface area contributed by atoms with Crippen molar-refractivity contribution < 1.29 is 14.3 Å². The predicted molar refractivity (Wildman–Crippen MR) is 121 cm³/mol. The minimum atomic E-state index is -0.247. The zero-order valence-electron chi connectivity index (χ0n) is 17.3. The SMILES string of the molecule is COc1ccccc1NC(=O)c1ccc(NC(=O)CN(C)Cc2sccc2C)cc1. The van der Waals surface area contributed by atoms with Crippen molar-refractivity contribution in [2.45, 2.75) is 13.5 Å². The van der Waals surface area contributed by atoms with Crippen LogP contribution < -0.4 is 15.4 Å². The second-order valence-corrected chi connectivity index (χ2v) is 7.98. The maximum absolute atomic E-state index is 12.5. The lowest BCUT2D eigenvalue weighted by molar-refractivity contribution is -0.117. The zero-order valence-corrected chi connectivity index (χ0v) is 18.1. The number of aryl methyl sites for hydroxylation is 1. The molecule has 0 spiro atoms. The molecule has 2 amide bonds. The van der Waals surface area contributed by atoms with Gasteiger partial charge in [-0.3, -0.25) is 14.5 Å². The molecule has 156 valence electrons. The summed E-state index contributed by atoms with van der Waals surface area (Å²) < 4.78 is 5.25. The third-order valence-electron chi connectivity index (χ3n) is 4.58. The maximum Gasteiger partial charge on any atom is 0.255 e. The smallest absolute Gasteiger partial charge is 0.255 e. The average molecular weight is 424 g/mol. The summed E-state index contributed by atoms with van der Waals surface area (Å²) in [5.41, 5.74) is 2.99. The number of hydrogen-bond donors (Lipinski definition) is 2. The molecule has 0 aliphatic rings. The molecule has 7 heteroatoms. The van der Waals surface area contributed by atoms with E-state index in [4.69, 9.17) is 4.74 Å². The van der Waals surface area contributed by atoms with Gasteiger partial charge in [0.1, 0.15) is 5.75 Å². The third kappa shape index (κ3) is 5.68. The molecule has 0 aliphatic heterocycles. The molecular formula is C23H25N3O3S. The van der Waals surface area contributed by atoms with Crippen LogP contribution in [0.4, 0.5) is 11.4 Å². The molecule has 2 N–H and O–H groups in total. The van der Waals surface area contributed by atoms with Crippen LogP contribution in [0.3, 0.4) is 0 Å². The summed E-state index contributed by atoms with van der Waals surface area (Å²) in [5.74, 6) is 0.248. The number of nitrogens with zero attached hydrogens (tertiary/aromatic N) is 1. The van der Waals surface area contributed by atoms with Crippen molar-refractivity contribution in [3.8, 4) is 5.75 Å². The predicted octanol–water partition coefficient (Wildman–Crippen LogP) is 4.39. The molecule has 0 fully saturated rings. The van der Waals surface area contributed by atoms with E-state index < -0.39 is 0 Å². The fraction of sp³-hybridized carbons (Fsp3) is 0.217. The molecule has 0 bridgehead atoms. The van der Waals surface area contributed by atoms with E-state index in [-0.39, 0.29) is 18.4 Å². The first-order valence-electron chi connectivity index (χ1n) is 9.52. The minimum Gasteiger partial charge on any atom is -0.495 e. The monoisotopic (exact) mass is 423 g/mol. The molecule has 2 aromatic carbocycles. The van der Waals surface area contributed by atoms with Crippen LogP contribution in [0.15, 0.2) is 60.0 Å². The average Bonchev–Trinajstić information content (AvgIpc) is 3.13. The number of para-hydroxylation sites is 2. The molecule has 0 aliphatic carbocycles. The molecular weight excluding hydrogens is 398 g/mol. The highest BCUT2D eigenvalue weighted by molar-refractivity contribution is 7.10. The highest BCUT2D eigenvalue weighted by Gasteiger charge is 2.12. The van der Waals surface area contributed by atoms with Gasteiger partial charge in [-0.25, -0.2) is 0 Å². The van der Waals surface area contributed by atoms with E-state index in [9.17, 15) is 9.59 Å². The molecule has 1 heterocycles. The Balaban J connectivity index is 1.54. The number of thiophene rings is 1. The molecule has 1 aromatic heterocycles. The van der Waals surface area contributed by atoms with Crippen LogP contribution in [0.25, 0.3) is 0 Å². The highest BCUT2D eigenvalue weighted by atomic mass is 32.1. The van der Waals surface area contributed by atoms with Crippen LogP contribution in [0.2, 0.25) is 0 Å².